The third-order valence-corrected chi connectivity index (χ3v) is 6.74. The van der Waals surface area contributed by atoms with Crippen molar-refractivity contribution in [3.63, 3.8) is 0 Å². The molecule has 0 bridgehead atoms. The molecule has 1 unspecified atom stereocenters. The summed E-state index contributed by atoms with van der Waals surface area (Å²) in [5, 5.41) is 9.70. The van der Waals surface area contributed by atoms with Gasteiger partial charge >= 0.3 is 0 Å². The molecule has 2 aliphatic carbocycles. The van der Waals surface area contributed by atoms with Crippen LogP contribution in [0.2, 0.25) is 5.02 Å². The average molecular weight is 386 g/mol. The van der Waals surface area contributed by atoms with Crippen molar-refractivity contribution in [1.82, 2.24) is 4.90 Å². The van der Waals surface area contributed by atoms with Crippen LogP contribution in [0.25, 0.3) is 0 Å². The number of anilines is 1. The fourth-order valence-corrected chi connectivity index (χ4v) is 4.89. The van der Waals surface area contributed by atoms with Gasteiger partial charge in [0.1, 0.15) is 6.07 Å². The number of benzene rings is 1. The summed E-state index contributed by atoms with van der Waals surface area (Å²) in [6.07, 6.45) is 9.73. The van der Waals surface area contributed by atoms with E-state index < -0.39 is 0 Å². The Morgan fingerprint density at radius 3 is 2.63 bits per heavy atom. The van der Waals surface area contributed by atoms with Gasteiger partial charge in [0, 0.05) is 37.3 Å². The number of halogens is 1. The largest absolute Gasteiger partial charge is 0.366 e. The lowest BCUT2D eigenvalue weighted by Crippen LogP contribution is -2.42. The molecule has 1 saturated heterocycles. The first-order chi connectivity index (χ1) is 13.2. The van der Waals surface area contributed by atoms with Gasteiger partial charge in [-0.05, 0) is 56.2 Å². The summed E-state index contributed by atoms with van der Waals surface area (Å²) in [5.74, 6) is 1.36. The minimum atomic E-state index is 0.292. The van der Waals surface area contributed by atoms with Crippen LogP contribution in [-0.2, 0) is 4.79 Å². The van der Waals surface area contributed by atoms with E-state index in [4.69, 9.17) is 11.6 Å². The second kappa shape index (κ2) is 8.10. The van der Waals surface area contributed by atoms with Gasteiger partial charge in [0.2, 0.25) is 5.91 Å². The highest BCUT2D eigenvalue weighted by Gasteiger charge is 2.38. The predicted molar refractivity (Wildman–Crippen MR) is 108 cm³/mol. The Bertz CT molecular complexity index is 734. The van der Waals surface area contributed by atoms with Crippen LogP contribution in [0, 0.1) is 23.2 Å². The van der Waals surface area contributed by atoms with E-state index in [9.17, 15) is 10.1 Å². The molecule has 4 rings (SSSR count). The number of amides is 1. The van der Waals surface area contributed by atoms with Gasteiger partial charge < -0.3 is 9.80 Å². The number of hydrogen-bond acceptors (Lipinski definition) is 3. The van der Waals surface area contributed by atoms with Crippen molar-refractivity contribution in [1.29, 1.82) is 5.26 Å². The molecule has 3 aliphatic rings. The molecule has 1 aromatic rings. The Balaban J connectivity index is 1.53. The molecule has 5 heteroatoms. The monoisotopic (exact) mass is 385 g/mol. The molecular formula is C22H28ClN3O. The van der Waals surface area contributed by atoms with E-state index in [1.807, 2.05) is 18.2 Å². The van der Waals surface area contributed by atoms with Crippen molar-refractivity contribution in [3.05, 3.63) is 28.8 Å². The fraction of sp³-hybridized carbons (Fsp3) is 0.636. The normalized spacial score (nSPS) is 23.3. The number of nitrogens with zero attached hydrogens (tertiary/aromatic N) is 3. The maximum atomic E-state index is 12.5. The molecule has 0 spiro atoms. The quantitative estimate of drug-likeness (QED) is 0.743. The van der Waals surface area contributed by atoms with Crippen LogP contribution < -0.4 is 4.90 Å². The Kier molecular flexibility index (Phi) is 5.59. The first kappa shape index (κ1) is 18.6. The van der Waals surface area contributed by atoms with E-state index in [1.165, 1.54) is 32.1 Å². The number of likely N-dealkylation sites (tertiary alicyclic amines) is 1. The number of nitriles is 1. The van der Waals surface area contributed by atoms with Crippen molar-refractivity contribution in [3.8, 4) is 6.07 Å². The molecule has 27 heavy (non-hydrogen) atoms. The van der Waals surface area contributed by atoms with E-state index in [0.29, 0.717) is 34.4 Å². The first-order valence-electron chi connectivity index (χ1n) is 10.4. The van der Waals surface area contributed by atoms with Crippen molar-refractivity contribution >= 4 is 23.2 Å². The summed E-state index contributed by atoms with van der Waals surface area (Å²) in [7, 11) is 0. The van der Waals surface area contributed by atoms with Crippen LogP contribution in [0.3, 0.4) is 0 Å². The summed E-state index contributed by atoms with van der Waals surface area (Å²) in [6, 6.07) is 8.29. The number of hydrogen-bond donors (Lipinski definition) is 0. The third-order valence-electron chi connectivity index (χ3n) is 6.43. The maximum Gasteiger partial charge on any atom is 0.225 e. The van der Waals surface area contributed by atoms with Gasteiger partial charge in [-0.1, -0.05) is 30.9 Å². The number of carbonyl (C=O) groups is 1. The zero-order chi connectivity index (χ0) is 18.8. The molecule has 144 valence electrons. The highest BCUT2D eigenvalue weighted by atomic mass is 35.5. The molecule has 1 amide bonds. The minimum Gasteiger partial charge on any atom is -0.366 e. The van der Waals surface area contributed by atoms with Crippen molar-refractivity contribution < 1.29 is 4.79 Å². The van der Waals surface area contributed by atoms with Gasteiger partial charge in [0.15, 0.2) is 0 Å². The Morgan fingerprint density at radius 1 is 1.19 bits per heavy atom. The van der Waals surface area contributed by atoms with Crippen LogP contribution >= 0.6 is 11.6 Å². The van der Waals surface area contributed by atoms with Crippen molar-refractivity contribution in [2.24, 2.45) is 11.8 Å². The molecule has 0 aromatic heterocycles. The van der Waals surface area contributed by atoms with Crippen molar-refractivity contribution in [2.75, 3.05) is 24.5 Å². The summed E-state index contributed by atoms with van der Waals surface area (Å²) in [4.78, 5) is 17.0. The van der Waals surface area contributed by atoms with Gasteiger partial charge in [-0.25, -0.2) is 0 Å². The summed E-state index contributed by atoms with van der Waals surface area (Å²) in [6.45, 7) is 2.71. The van der Waals surface area contributed by atoms with Crippen molar-refractivity contribution in [2.45, 2.75) is 57.4 Å². The molecule has 1 atom stereocenters. The van der Waals surface area contributed by atoms with Gasteiger partial charge in [0.05, 0.1) is 10.6 Å². The van der Waals surface area contributed by atoms with Crippen LogP contribution in [0.15, 0.2) is 18.2 Å². The summed E-state index contributed by atoms with van der Waals surface area (Å²) in [5.41, 5.74) is 1.62. The zero-order valence-corrected chi connectivity index (χ0v) is 16.6. The van der Waals surface area contributed by atoms with Crippen LogP contribution in [0.5, 0.6) is 0 Å². The molecule has 1 heterocycles. The molecule has 4 nitrogen and oxygen atoms in total. The lowest BCUT2D eigenvalue weighted by atomic mass is 9.88. The van der Waals surface area contributed by atoms with Crippen LogP contribution in [0.4, 0.5) is 5.69 Å². The molecule has 0 radical (unpaired) electrons. The minimum absolute atomic E-state index is 0.292. The Morgan fingerprint density at radius 2 is 1.96 bits per heavy atom. The Labute approximate surface area is 167 Å². The SMILES string of the molecule is N#Cc1ccc(N(CC2CCCCC2)C2CCN(C(=O)C3CC3)C2)cc1Cl. The van der Waals surface area contributed by atoms with Gasteiger partial charge in [-0.3, -0.25) is 4.79 Å². The molecular weight excluding hydrogens is 358 g/mol. The lowest BCUT2D eigenvalue weighted by Gasteiger charge is -2.36. The van der Waals surface area contributed by atoms with Gasteiger partial charge in [-0.2, -0.15) is 5.26 Å². The second-order valence-corrected chi connectivity index (χ2v) is 8.84. The highest BCUT2D eigenvalue weighted by molar-refractivity contribution is 6.32. The lowest BCUT2D eigenvalue weighted by molar-refractivity contribution is -0.131. The standard InChI is InChI=1S/C22H28ClN3O/c23-21-12-19(9-8-18(21)13-24)26(14-16-4-2-1-3-5-16)20-10-11-25(15-20)22(27)17-6-7-17/h8-9,12,16-17,20H,1-7,10-11,14-15H2. The van der Waals surface area contributed by atoms with E-state index in [-0.39, 0.29) is 0 Å². The Hall–Kier alpha value is -1.73. The van der Waals surface area contributed by atoms with E-state index in [2.05, 4.69) is 15.9 Å². The van der Waals surface area contributed by atoms with E-state index >= 15 is 0 Å². The topological polar surface area (TPSA) is 47.3 Å². The maximum absolute atomic E-state index is 12.5. The molecule has 1 aliphatic heterocycles. The van der Waals surface area contributed by atoms with Gasteiger partial charge in [-0.15, -0.1) is 0 Å². The molecule has 0 N–H and O–H groups in total. The average Bonchev–Trinajstić information content (AvgIpc) is 3.43. The van der Waals surface area contributed by atoms with Crippen LogP contribution in [-0.4, -0.2) is 36.5 Å². The van der Waals surface area contributed by atoms with Gasteiger partial charge in [0.25, 0.3) is 0 Å². The zero-order valence-electron chi connectivity index (χ0n) is 15.9. The fourth-order valence-electron chi connectivity index (χ4n) is 4.67. The third kappa shape index (κ3) is 4.24. The number of rotatable bonds is 5. The van der Waals surface area contributed by atoms with Crippen LogP contribution in [0.1, 0.15) is 56.9 Å². The summed E-state index contributed by atoms with van der Waals surface area (Å²) < 4.78 is 0. The number of carbonyl (C=O) groups excluding carboxylic acids is 1. The summed E-state index contributed by atoms with van der Waals surface area (Å²) >= 11 is 6.34. The smallest absolute Gasteiger partial charge is 0.225 e. The molecule has 2 saturated carbocycles. The molecule has 3 fully saturated rings. The molecule has 1 aromatic carbocycles. The van der Waals surface area contributed by atoms with E-state index in [1.54, 1.807) is 0 Å². The highest BCUT2D eigenvalue weighted by Crippen LogP contribution is 2.35. The predicted octanol–water partition coefficient (Wildman–Crippen LogP) is 4.61. The first-order valence-corrected chi connectivity index (χ1v) is 10.8. The van der Waals surface area contributed by atoms with E-state index in [0.717, 1.165) is 44.6 Å². The second-order valence-electron chi connectivity index (χ2n) is 8.43.